The van der Waals surface area contributed by atoms with Crippen LogP contribution in [0.2, 0.25) is 0 Å². The monoisotopic (exact) mass is 278 g/mol. The fraction of sp³-hybridized carbons (Fsp3) is 0.364. The number of nitrogen functional groups attached to an aromatic ring is 2. The fourth-order valence-electron chi connectivity index (χ4n) is 2.33. The highest BCUT2D eigenvalue weighted by Crippen LogP contribution is 2.33. The molecule has 0 saturated heterocycles. The molecule has 0 unspecified atom stereocenters. The van der Waals surface area contributed by atoms with E-state index in [1.54, 1.807) is 6.08 Å². The van der Waals surface area contributed by atoms with Crippen LogP contribution < -0.4 is 11.5 Å². The van der Waals surface area contributed by atoms with Gasteiger partial charge in [-0.25, -0.2) is 4.98 Å². The number of anilines is 2. The molecule has 2 aromatic heterocycles. The van der Waals surface area contributed by atoms with Crippen LogP contribution >= 0.6 is 0 Å². The smallest absolute Gasteiger partial charge is 0.224 e. The van der Waals surface area contributed by atoms with E-state index in [-0.39, 0.29) is 11.8 Å². The molecule has 0 saturated carbocycles. The van der Waals surface area contributed by atoms with Crippen LogP contribution in [-0.2, 0) is 0 Å². The second-order valence-electron chi connectivity index (χ2n) is 4.73. The summed E-state index contributed by atoms with van der Waals surface area (Å²) in [6.07, 6.45) is 3.11. The van der Waals surface area contributed by atoms with Crippen LogP contribution in [0, 0.1) is 0 Å². The van der Waals surface area contributed by atoms with Crippen molar-refractivity contribution >= 4 is 22.9 Å². The van der Waals surface area contributed by atoms with Gasteiger partial charge in [0.25, 0.3) is 0 Å². The Labute approximate surface area is 113 Å². The average molecular weight is 278 g/mol. The summed E-state index contributed by atoms with van der Waals surface area (Å²) in [6, 6.07) is -0.633. The van der Waals surface area contributed by atoms with Crippen molar-refractivity contribution in [2.45, 2.75) is 17.7 Å². The number of aromatic nitrogens is 4. The first-order valence-corrected chi connectivity index (χ1v) is 5.92. The predicted octanol–water partition coefficient (Wildman–Crippen LogP) is -1.81. The van der Waals surface area contributed by atoms with Gasteiger partial charge in [-0.3, -0.25) is 0 Å². The summed E-state index contributed by atoms with van der Waals surface area (Å²) in [5, 5.41) is 29.3. The number of nitrogens with zero attached hydrogens (tertiary/aromatic N) is 4. The maximum Gasteiger partial charge on any atom is 0.224 e. The lowest BCUT2D eigenvalue weighted by molar-refractivity contribution is -0.0737. The topological polar surface area (TPSA) is 156 Å². The molecule has 0 radical (unpaired) electrons. The molecule has 3 atom stereocenters. The summed E-state index contributed by atoms with van der Waals surface area (Å²) in [5.41, 5.74) is 10.3. The van der Waals surface area contributed by atoms with E-state index in [1.807, 2.05) is 0 Å². The maximum absolute atomic E-state index is 10.2. The lowest BCUT2D eigenvalue weighted by Crippen LogP contribution is -2.44. The van der Waals surface area contributed by atoms with E-state index in [1.165, 1.54) is 17.0 Å². The molecule has 7 N–H and O–H groups in total. The Kier molecular flexibility index (Phi) is 2.64. The number of hydrogen-bond donors (Lipinski definition) is 5. The van der Waals surface area contributed by atoms with Gasteiger partial charge in [0, 0.05) is 0 Å². The van der Waals surface area contributed by atoms with Crippen LogP contribution in [0.25, 0.3) is 11.2 Å². The molecular weight excluding hydrogens is 264 g/mol. The van der Waals surface area contributed by atoms with Gasteiger partial charge in [0.2, 0.25) is 5.95 Å². The normalized spacial score (nSPS) is 29.4. The summed E-state index contributed by atoms with van der Waals surface area (Å²) in [7, 11) is 0. The zero-order valence-corrected chi connectivity index (χ0v) is 10.4. The fourth-order valence-corrected chi connectivity index (χ4v) is 2.33. The molecule has 2 aromatic rings. The van der Waals surface area contributed by atoms with Crippen molar-refractivity contribution in [1.82, 2.24) is 19.5 Å². The lowest BCUT2D eigenvalue weighted by Gasteiger charge is -2.27. The van der Waals surface area contributed by atoms with Crippen molar-refractivity contribution in [2.75, 3.05) is 18.1 Å². The third kappa shape index (κ3) is 1.64. The van der Waals surface area contributed by atoms with E-state index in [9.17, 15) is 10.2 Å². The van der Waals surface area contributed by atoms with Crippen molar-refractivity contribution in [3.05, 3.63) is 18.5 Å². The van der Waals surface area contributed by atoms with Crippen LogP contribution in [0.15, 0.2) is 18.5 Å². The number of aliphatic hydroxyl groups excluding tert-OH is 2. The molecule has 3 rings (SSSR count). The average Bonchev–Trinajstić information content (AvgIpc) is 2.93. The van der Waals surface area contributed by atoms with Gasteiger partial charge in [-0.2, -0.15) is 9.97 Å². The highest BCUT2D eigenvalue weighted by molar-refractivity contribution is 5.82. The van der Waals surface area contributed by atoms with Crippen LogP contribution in [0.1, 0.15) is 6.04 Å². The van der Waals surface area contributed by atoms with Gasteiger partial charge in [0.1, 0.15) is 17.2 Å². The minimum absolute atomic E-state index is 0.00867. The Morgan fingerprint density at radius 2 is 2.10 bits per heavy atom. The molecule has 0 bridgehead atoms. The van der Waals surface area contributed by atoms with E-state index >= 15 is 0 Å². The molecule has 9 nitrogen and oxygen atoms in total. The van der Waals surface area contributed by atoms with E-state index in [4.69, 9.17) is 16.6 Å². The Morgan fingerprint density at radius 3 is 2.75 bits per heavy atom. The van der Waals surface area contributed by atoms with Crippen molar-refractivity contribution in [3.8, 4) is 0 Å². The second kappa shape index (κ2) is 4.13. The molecule has 106 valence electrons. The first-order valence-electron chi connectivity index (χ1n) is 5.92. The molecule has 2 heterocycles. The minimum Gasteiger partial charge on any atom is -0.393 e. The molecular formula is C11H14N6O3. The number of aliphatic hydroxyl groups is 3. The van der Waals surface area contributed by atoms with Crippen LogP contribution in [0.5, 0.6) is 0 Å². The summed E-state index contributed by atoms with van der Waals surface area (Å²) in [5.74, 6) is 0.130. The SMILES string of the molecule is Nc1nc(N)c2ncn([C@@H]3C=C[C@](O)(CO)[C@H]3O)c2n1. The molecule has 1 aliphatic carbocycles. The molecule has 1 aliphatic rings. The summed E-state index contributed by atoms with van der Waals surface area (Å²) in [4.78, 5) is 11.9. The molecule has 0 spiro atoms. The van der Waals surface area contributed by atoms with Gasteiger partial charge >= 0.3 is 0 Å². The van der Waals surface area contributed by atoms with Gasteiger partial charge in [0.05, 0.1) is 19.0 Å². The third-order valence-electron chi connectivity index (χ3n) is 3.46. The minimum atomic E-state index is -1.69. The van der Waals surface area contributed by atoms with Crippen molar-refractivity contribution in [3.63, 3.8) is 0 Å². The van der Waals surface area contributed by atoms with E-state index in [0.717, 1.165) is 0 Å². The number of hydrogen-bond acceptors (Lipinski definition) is 8. The Bertz CT molecular complexity index is 699. The second-order valence-corrected chi connectivity index (χ2v) is 4.73. The summed E-state index contributed by atoms with van der Waals surface area (Å²) in [6.45, 7) is -0.590. The zero-order chi connectivity index (χ0) is 14.5. The standard InChI is InChI=1S/C11H14N6O3/c12-8-6-9(16-10(13)15-8)17(4-14-6)5-1-2-11(20,3-18)7(5)19/h1-2,4-5,7,18-20H,3H2,(H4,12,13,15,16)/t5-,7+,11+/m1/s1. The Morgan fingerprint density at radius 1 is 1.35 bits per heavy atom. The number of nitrogens with two attached hydrogens (primary N) is 2. The molecule has 0 fully saturated rings. The highest BCUT2D eigenvalue weighted by Gasteiger charge is 2.43. The number of rotatable bonds is 2. The van der Waals surface area contributed by atoms with Crippen molar-refractivity contribution < 1.29 is 15.3 Å². The van der Waals surface area contributed by atoms with Gasteiger partial charge in [0.15, 0.2) is 11.5 Å². The van der Waals surface area contributed by atoms with E-state index in [0.29, 0.717) is 11.2 Å². The highest BCUT2D eigenvalue weighted by atomic mass is 16.4. The number of imidazole rings is 1. The van der Waals surface area contributed by atoms with Crippen LogP contribution in [-0.4, -0.2) is 53.2 Å². The van der Waals surface area contributed by atoms with E-state index in [2.05, 4.69) is 15.0 Å². The van der Waals surface area contributed by atoms with Gasteiger partial charge in [-0.15, -0.1) is 0 Å². The summed E-state index contributed by atoms with van der Waals surface area (Å²) >= 11 is 0. The molecule has 0 aliphatic heterocycles. The van der Waals surface area contributed by atoms with Crippen molar-refractivity contribution in [2.24, 2.45) is 0 Å². The van der Waals surface area contributed by atoms with Crippen molar-refractivity contribution in [1.29, 1.82) is 0 Å². The molecule has 0 amide bonds. The molecule has 20 heavy (non-hydrogen) atoms. The lowest BCUT2D eigenvalue weighted by atomic mass is 10.00. The van der Waals surface area contributed by atoms with Gasteiger partial charge in [-0.1, -0.05) is 6.08 Å². The zero-order valence-electron chi connectivity index (χ0n) is 10.4. The predicted molar refractivity (Wildman–Crippen MR) is 70.4 cm³/mol. The van der Waals surface area contributed by atoms with Gasteiger partial charge in [-0.05, 0) is 6.08 Å². The van der Waals surface area contributed by atoms with Crippen LogP contribution in [0.3, 0.4) is 0 Å². The van der Waals surface area contributed by atoms with Crippen LogP contribution in [0.4, 0.5) is 11.8 Å². The third-order valence-corrected chi connectivity index (χ3v) is 3.46. The van der Waals surface area contributed by atoms with Gasteiger partial charge < -0.3 is 31.4 Å². The maximum atomic E-state index is 10.2. The first-order chi connectivity index (χ1) is 9.46. The molecule has 0 aromatic carbocycles. The summed E-state index contributed by atoms with van der Waals surface area (Å²) < 4.78 is 1.53. The first kappa shape index (κ1) is 12.8. The van der Waals surface area contributed by atoms with E-state index < -0.39 is 24.4 Å². The Balaban J connectivity index is 2.11. The largest absolute Gasteiger partial charge is 0.393 e. The Hall–Kier alpha value is -2.23. The molecule has 9 heteroatoms. The number of fused-ring (bicyclic) bond motifs is 1. The quantitative estimate of drug-likeness (QED) is 0.402.